The first-order chi connectivity index (χ1) is 10.3. The van der Waals surface area contributed by atoms with E-state index >= 15 is 0 Å². The maximum atomic E-state index is 11.8. The molecule has 0 saturated heterocycles. The predicted octanol–water partition coefficient (Wildman–Crippen LogP) is 0.332. The summed E-state index contributed by atoms with van der Waals surface area (Å²) in [5, 5.41) is 12.1. The van der Waals surface area contributed by atoms with Gasteiger partial charge in [-0.3, -0.25) is 4.57 Å². The standard InChI is InChI=1S/C12H14N6O2S/c13-5-6-18-11(14-15-16-18)21-8-7-17-9-3-1-2-4-10(9)20-12(17)19/h1-4H,5-8,13H2. The van der Waals surface area contributed by atoms with Gasteiger partial charge in [0.05, 0.1) is 12.1 Å². The summed E-state index contributed by atoms with van der Waals surface area (Å²) in [7, 11) is 0. The quantitative estimate of drug-likeness (QED) is 0.654. The van der Waals surface area contributed by atoms with E-state index in [9.17, 15) is 4.79 Å². The number of hydrogen-bond acceptors (Lipinski definition) is 7. The molecule has 3 aromatic rings. The fourth-order valence-corrected chi connectivity index (χ4v) is 2.84. The molecular formula is C12H14N6O2S. The van der Waals surface area contributed by atoms with Gasteiger partial charge >= 0.3 is 5.76 Å². The first kappa shape index (κ1) is 13.8. The molecule has 0 amide bonds. The Bertz CT molecular complexity index is 792. The second-order valence-corrected chi connectivity index (χ2v) is 5.37. The summed E-state index contributed by atoms with van der Waals surface area (Å²) in [6, 6.07) is 7.36. The topological polar surface area (TPSA) is 105 Å². The molecule has 0 unspecified atom stereocenters. The van der Waals surface area contributed by atoms with E-state index in [1.807, 2.05) is 18.2 Å². The normalized spacial score (nSPS) is 11.3. The molecular weight excluding hydrogens is 292 g/mol. The summed E-state index contributed by atoms with van der Waals surface area (Å²) >= 11 is 1.48. The zero-order valence-corrected chi connectivity index (χ0v) is 12.0. The third-order valence-corrected chi connectivity index (χ3v) is 3.90. The third kappa shape index (κ3) is 2.83. The molecule has 0 saturated carbocycles. The number of rotatable bonds is 6. The third-order valence-electron chi connectivity index (χ3n) is 2.96. The molecule has 21 heavy (non-hydrogen) atoms. The number of aryl methyl sites for hydroxylation is 1. The lowest BCUT2D eigenvalue weighted by Gasteiger charge is -2.03. The summed E-state index contributed by atoms with van der Waals surface area (Å²) in [5.41, 5.74) is 6.89. The minimum Gasteiger partial charge on any atom is -0.408 e. The van der Waals surface area contributed by atoms with Crippen LogP contribution in [0, 0.1) is 0 Å². The molecule has 2 N–H and O–H groups in total. The van der Waals surface area contributed by atoms with Crippen molar-refractivity contribution in [2.24, 2.45) is 5.73 Å². The van der Waals surface area contributed by atoms with Crippen molar-refractivity contribution in [1.29, 1.82) is 0 Å². The predicted molar refractivity (Wildman–Crippen MR) is 78.1 cm³/mol. The number of tetrazole rings is 1. The van der Waals surface area contributed by atoms with Crippen molar-refractivity contribution in [1.82, 2.24) is 24.8 Å². The van der Waals surface area contributed by atoms with Crippen LogP contribution in [-0.2, 0) is 13.1 Å². The molecule has 9 heteroatoms. The van der Waals surface area contributed by atoms with Crippen LogP contribution in [-0.4, -0.2) is 37.1 Å². The van der Waals surface area contributed by atoms with Crippen molar-refractivity contribution in [3.8, 4) is 0 Å². The van der Waals surface area contributed by atoms with Crippen molar-refractivity contribution < 1.29 is 4.42 Å². The number of fused-ring (bicyclic) bond motifs is 1. The van der Waals surface area contributed by atoms with Gasteiger partial charge in [-0.15, -0.1) is 5.10 Å². The van der Waals surface area contributed by atoms with Crippen molar-refractivity contribution in [3.63, 3.8) is 0 Å². The smallest absolute Gasteiger partial charge is 0.408 e. The second-order valence-electron chi connectivity index (χ2n) is 4.31. The fourth-order valence-electron chi connectivity index (χ4n) is 2.02. The number of nitrogens with two attached hydrogens (primary N) is 1. The number of oxazole rings is 1. The van der Waals surface area contributed by atoms with Gasteiger partial charge in [-0.05, 0) is 22.6 Å². The maximum absolute atomic E-state index is 11.8. The average Bonchev–Trinajstić information content (AvgIpc) is 3.05. The van der Waals surface area contributed by atoms with Gasteiger partial charge in [0, 0.05) is 18.8 Å². The Morgan fingerprint density at radius 1 is 1.29 bits per heavy atom. The number of hydrogen-bond donors (Lipinski definition) is 1. The van der Waals surface area contributed by atoms with Gasteiger partial charge in [-0.25, -0.2) is 9.48 Å². The van der Waals surface area contributed by atoms with E-state index in [1.165, 1.54) is 11.8 Å². The number of para-hydroxylation sites is 2. The monoisotopic (exact) mass is 306 g/mol. The van der Waals surface area contributed by atoms with Gasteiger partial charge in [-0.2, -0.15) is 0 Å². The van der Waals surface area contributed by atoms with Gasteiger partial charge in [-0.1, -0.05) is 23.9 Å². The fraction of sp³-hybridized carbons (Fsp3) is 0.333. The van der Waals surface area contributed by atoms with Crippen LogP contribution >= 0.6 is 11.8 Å². The van der Waals surface area contributed by atoms with E-state index < -0.39 is 0 Å². The van der Waals surface area contributed by atoms with Crippen LogP contribution < -0.4 is 11.5 Å². The van der Waals surface area contributed by atoms with Crippen LogP contribution in [0.3, 0.4) is 0 Å². The molecule has 2 aromatic heterocycles. The molecule has 0 atom stereocenters. The zero-order valence-electron chi connectivity index (χ0n) is 11.2. The van der Waals surface area contributed by atoms with E-state index in [1.54, 1.807) is 15.3 Å². The highest BCUT2D eigenvalue weighted by Gasteiger charge is 2.10. The highest BCUT2D eigenvalue weighted by atomic mass is 32.2. The summed E-state index contributed by atoms with van der Waals surface area (Å²) < 4.78 is 8.45. The molecule has 0 spiro atoms. The van der Waals surface area contributed by atoms with Crippen molar-refractivity contribution in [3.05, 3.63) is 34.8 Å². The highest BCUT2D eigenvalue weighted by molar-refractivity contribution is 7.99. The molecule has 0 fully saturated rings. The molecule has 0 aliphatic heterocycles. The maximum Gasteiger partial charge on any atom is 0.419 e. The number of nitrogens with zero attached hydrogens (tertiary/aromatic N) is 5. The first-order valence-corrected chi connectivity index (χ1v) is 7.45. The number of benzene rings is 1. The Morgan fingerprint density at radius 3 is 3.00 bits per heavy atom. The van der Waals surface area contributed by atoms with Crippen LogP contribution in [0.4, 0.5) is 0 Å². The second kappa shape index (κ2) is 6.10. The van der Waals surface area contributed by atoms with Crippen LogP contribution in [0.1, 0.15) is 0 Å². The summed E-state index contributed by atoms with van der Waals surface area (Å²) in [6.07, 6.45) is 0. The van der Waals surface area contributed by atoms with Crippen molar-refractivity contribution >= 4 is 22.9 Å². The lowest BCUT2D eigenvalue weighted by Crippen LogP contribution is -2.16. The van der Waals surface area contributed by atoms with E-state index in [-0.39, 0.29) is 5.76 Å². The lowest BCUT2D eigenvalue weighted by atomic mass is 10.3. The average molecular weight is 306 g/mol. The number of aromatic nitrogens is 5. The Balaban J connectivity index is 1.71. The Kier molecular flexibility index (Phi) is 4.02. The molecule has 1 aromatic carbocycles. The largest absolute Gasteiger partial charge is 0.419 e. The highest BCUT2D eigenvalue weighted by Crippen LogP contribution is 2.16. The Hall–Kier alpha value is -2.13. The molecule has 0 aliphatic carbocycles. The number of thioether (sulfide) groups is 1. The molecule has 8 nitrogen and oxygen atoms in total. The van der Waals surface area contributed by atoms with Crippen LogP contribution in [0.25, 0.3) is 11.1 Å². The van der Waals surface area contributed by atoms with Crippen LogP contribution in [0.5, 0.6) is 0 Å². The lowest BCUT2D eigenvalue weighted by molar-refractivity contribution is 0.514. The molecule has 2 heterocycles. The zero-order chi connectivity index (χ0) is 14.7. The minimum atomic E-state index is -0.349. The molecule has 0 aliphatic rings. The SMILES string of the molecule is NCCn1nnnc1SCCn1c(=O)oc2ccccc21. The van der Waals surface area contributed by atoms with E-state index in [2.05, 4.69) is 15.5 Å². The summed E-state index contributed by atoms with van der Waals surface area (Å²) in [6.45, 7) is 1.57. The summed E-state index contributed by atoms with van der Waals surface area (Å²) in [4.78, 5) is 11.8. The van der Waals surface area contributed by atoms with E-state index in [4.69, 9.17) is 10.2 Å². The minimum absolute atomic E-state index is 0.349. The molecule has 0 radical (unpaired) electrons. The van der Waals surface area contributed by atoms with Gasteiger partial charge in [0.1, 0.15) is 0 Å². The molecule has 0 bridgehead atoms. The molecule has 110 valence electrons. The van der Waals surface area contributed by atoms with Crippen molar-refractivity contribution in [2.45, 2.75) is 18.2 Å². The van der Waals surface area contributed by atoms with E-state index in [0.717, 1.165) is 5.52 Å². The van der Waals surface area contributed by atoms with Crippen LogP contribution in [0.2, 0.25) is 0 Å². The van der Waals surface area contributed by atoms with Gasteiger partial charge in [0.15, 0.2) is 5.58 Å². The van der Waals surface area contributed by atoms with Crippen molar-refractivity contribution in [2.75, 3.05) is 12.3 Å². The summed E-state index contributed by atoms with van der Waals surface area (Å²) in [5.74, 6) is 0.312. The van der Waals surface area contributed by atoms with E-state index in [0.29, 0.717) is 36.1 Å². The van der Waals surface area contributed by atoms with Gasteiger partial charge in [0.2, 0.25) is 5.16 Å². The van der Waals surface area contributed by atoms with Gasteiger partial charge < -0.3 is 10.2 Å². The Morgan fingerprint density at radius 2 is 2.14 bits per heavy atom. The Labute approximate surface area is 123 Å². The molecule has 3 rings (SSSR count). The van der Waals surface area contributed by atoms with Crippen LogP contribution in [0.15, 0.2) is 38.6 Å². The van der Waals surface area contributed by atoms with Gasteiger partial charge in [0.25, 0.3) is 0 Å². The first-order valence-electron chi connectivity index (χ1n) is 6.47.